The Bertz CT molecular complexity index is 569. The minimum absolute atomic E-state index is 0.283. The number of nitrogen functional groups attached to an aromatic ring is 1. The van der Waals surface area contributed by atoms with Gasteiger partial charge in [0.2, 0.25) is 10.0 Å². The van der Waals surface area contributed by atoms with E-state index in [2.05, 4.69) is 18.6 Å². The number of anilines is 1. The topological polar surface area (TPSA) is 81.4 Å². The highest BCUT2D eigenvalue weighted by atomic mass is 32.2. The van der Waals surface area contributed by atoms with Crippen LogP contribution in [0.1, 0.15) is 31.4 Å². The van der Waals surface area contributed by atoms with E-state index in [1.807, 2.05) is 0 Å². The van der Waals surface area contributed by atoms with Gasteiger partial charge in [-0.1, -0.05) is 19.9 Å². The second-order valence-corrected chi connectivity index (χ2v) is 7.35. The quantitative estimate of drug-likeness (QED) is 0.569. The van der Waals surface area contributed by atoms with Crippen molar-refractivity contribution in [2.45, 2.75) is 39.0 Å². The standard InChI is InChI=1S/C15H26N2O3S/c1-11(2)10-20-9-5-8-17-21(18,19)15-12(3)6-7-14(16)13(15)4/h6-7,11,17H,5,8-10,16H2,1-4H3. The molecule has 0 spiro atoms. The van der Waals surface area contributed by atoms with Crippen LogP contribution in [-0.4, -0.2) is 28.2 Å². The van der Waals surface area contributed by atoms with Gasteiger partial charge in [-0.2, -0.15) is 0 Å². The van der Waals surface area contributed by atoms with Crippen LogP contribution in [0.25, 0.3) is 0 Å². The van der Waals surface area contributed by atoms with Crippen molar-refractivity contribution in [3.63, 3.8) is 0 Å². The second-order valence-electron chi connectivity index (χ2n) is 5.65. The number of hydrogen-bond acceptors (Lipinski definition) is 4. The van der Waals surface area contributed by atoms with Crippen LogP contribution in [0.15, 0.2) is 17.0 Å². The van der Waals surface area contributed by atoms with Gasteiger partial charge in [0, 0.05) is 25.4 Å². The van der Waals surface area contributed by atoms with Crippen LogP contribution >= 0.6 is 0 Å². The Morgan fingerprint density at radius 1 is 1.29 bits per heavy atom. The molecular weight excluding hydrogens is 288 g/mol. The molecular formula is C15H26N2O3S. The smallest absolute Gasteiger partial charge is 0.241 e. The van der Waals surface area contributed by atoms with Crippen molar-refractivity contribution in [2.75, 3.05) is 25.5 Å². The lowest BCUT2D eigenvalue weighted by molar-refractivity contribution is 0.108. The third-order valence-electron chi connectivity index (χ3n) is 3.12. The molecule has 0 bridgehead atoms. The Labute approximate surface area is 127 Å². The third-order valence-corrected chi connectivity index (χ3v) is 4.87. The van der Waals surface area contributed by atoms with E-state index in [0.717, 1.165) is 0 Å². The van der Waals surface area contributed by atoms with Crippen LogP contribution in [0, 0.1) is 19.8 Å². The number of hydrogen-bond donors (Lipinski definition) is 2. The number of rotatable bonds is 8. The Hall–Kier alpha value is -1.11. The SMILES string of the molecule is Cc1ccc(N)c(C)c1S(=O)(=O)NCCCOCC(C)C. The van der Waals surface area contributed by atoms with Gasteiger partial charge < -0.3 is 10.5 Å². The van der Waals surface area contributed by atoms with Crippen LogP contribution in [0.3, 0.4) is 0 Å². The van der Waals surface area contributed by atoms with Gasteiger partial charge in [-0.05, 0) is 43.4 Å². The summed E-state index contributed by atoms with van der Waals surface area (Å²) in [7, 11) is -3.53. The summed E-state index contributed by atoms with van der Waals surface area (Å²) < 4.78 is 32.8. The summed E-state index contributed by atoms with van der Waals surface area (Å²) in [4.78, 5) is 0.283. The number of nitrogens with one attached hydrogen (secondary N) is 1. The van der Waals surface area contributed by atoms with Crippen molar-refractivity contribution in [2.24, 2.45) is 5.92 Å². The molecule has 6 heteroatoms. The van der Waals surface area contributed by atoms with Gasteiger partial charge in [0.15, 0.2) is 0 Å². The summed E-state index contributed by atoms with van der Waals surface area (Å²) in [5.74, 6) is 0.485. The van der Waals surface area contributed by atoms with E-state index < -0.39 is 10.0 Å². The van der Waals surface area contributed by atoms with Crippen LogP contribution in [0.4, 0.5) is 5.69 Å². The largest absolute Gasteiger partial charge is 0.398 e. The summed E-state index contributed by atoms with van der Waals surface area (Å²) in [5.41, 5.74) is 7.58. The first-order valence-electron chi connectivity index (χ1n) is 7.18. The molecule has 3 N–H and O–H groups in total. The van der Waals surface area contributed by atoms with Crippen LogP contribution in [0.5, 0.6) is 0 Å². The molecule has 21 heavy (non-hydrogen) atoms. The molecule has 1 rings (SSSR count). The molecule has 0 saturated heterocycles. The first-order chi connectivity index (χ1) is 9.75. The fraction of sp³-hybridized carbons (Fsp3) is 0.600. The number of benzene rings is 1. The zero-order valence-corrected chi connectivity index (χ0v) is 14.1. The lowest BCUT2D eigenvalue weighted by atomic mass is 10.1. The number of sulfonamides is 1. The highest BCUT2D eigenvalue weighted by molar-refractivity contribution is 7.89. The summed E-state index contributed by atoms with van der Waals surface area (Å²) in [6.07, 6.45) is 0.645. The maximum atomic E-state index is 12.4. The van der Waals surface area contributed by atoms with Gasteiger partial charge >= 0.3 is 0 Å². The molecule has 5 nitrogen and oxygen atoms in total. The van der Waals surface area contributed by atoms with Gasteiger partial charge in [0.25, 0.3) is 0 Å². The van der Waals surface area contributed by atoms with Crippen molar-refractivity contribution < 1.29 is 13.2 Å². The molecule has 0 amide bonds. The van der Waals surface area contributed by atoms with Gasteiger partial charge in [0.1, 0.15) is 0 Å². The molecule has 0 aliphatic rings. The molecule has 0 saturated carbocycles. The third kappa shape index (κ3) is 5.30. The maximum absolute atomic E-state index is 12.4. The Balaban J connectivity index is 2.61. The Morgan fingerprint density at radius 2 is 1.95 bits per heavy atom. The van der Waals surface area contributed by atoms with Crippen LogP contribution < -0.4 is 10.5 Å². The van der Waals surface area contributed by atoms with Crippen LogP contribution in [-0.2, 0) is 14.8 Å². The molecule has 1 aromatic carbocycles. The van der Waals surface area contributed by atoms with Gasteiger partial charge in [-0.3, -0.25) is 0 Å². The van der Waals surface area contributed by atoms with Crippen molar-refractivity contribution in [1.82, 2.24) is 4.72 Å². The summed E-state index contributed by atoms with van der Waals surface area (Å²) in [5, 5.41) is 0. The molecule has 0 unspecified atom stereocenters. The highest BCUT2D eigenvalue weighted by Gasteiger charge is 2.20. The van der Waals surface area contributed by atoms with E-state index in [1.54, 1.807) is 26.0 Å². The Kier molecular flexibility index (Phi) is 6.64. The van der Waals surface area contributed by atoms with Crippen LogP contribution in [0.2, 0.25) is 0 Å². The predicted octanol–water partition coefficient (Wildman–Crippen LogP) is 2.23. The van der Waals surface area contributed by atoms with E-state index in [1.165, 1.54) is 0 Å². The van der Waals surface area contributed by atoms with E-state index in [-0.39, 0.29) is 4.90 Å². The average molecular weight is 314 g/mol. The van der Waals surface area contributed by atoms with Gasteiger partial charge in [-0.25, -0.2) is 13.1 Å². The monoisotopic (exact) mass is 314 g/mol. The zero-order valence-electron chi connectivity index (χ0n) is 13.3. The fourth-order valence-electron chi connectivity index (χ4n) is 2.03. The summed E-state index contributed by atoms with van der Waals surface area (Å²) >= 11 is 0. The molecule has 1 aromatic rings. The second kappa shape index (κ2) is 7.77. The molecule has 0 heterocycles. The van der Waals surface area contributed by atoms with E-state index in [4.69, 9.17) is 10.5 Å². The minimum atomic E-state index is -3.53. The summed E-state index contributed by atoms with van der Waals surface area (Å²) in [6.45, 7) is 9.25. The molecule has 0 atom stereocenters. The van der Waals surface area contributed by atoms with Crippen molar-refractivity contribution >= 4 is 15.7 Å². The molecule has 120 valence electrons. The molecule has 0 aliphatic heterocycles. The number of ether oxygens (including phenoxy) is 1. The number of nitrogens with two attached hydrogens (primary N) is 1. The minimum Gasteiger partial charge on any atom is -0.398 e. The van der Waals surface area contributed by atoms with Crippen molar-refractivity contribution in [3.8, 4) is 0 Å². The first-order valence-corrected chi connectivity index (χ1v) is 8.67. The maximum Gasteiger partial charge on any atom is 0.241 e. The lowest BCUT2D eigenvalue weighted by Crippen LogP contribution is -2.27. The summed E-state index contributed by atoms with van der Waals surface area (Å²) in [6, 6.07) is 3.45. The van der Waals surface area contributed by atoms with E-state index in [9.17, 15) is 8.42 Å². The molecule has 0 radical (unpaired) electrons. The molecule has 0 aliphatic carbocycles. The Morgan fingerprint density at radius 3 is 2.57 bits per heavy atom. The first kappa shape index (κ1) is 17.9. The highest BCUT2D eigenvalue weighted by Crippen LogP contribution is 2.24. The van der Waals surface area contributed by atoms with Crippen molar-refractivity contribution in [1.29, 1.82) is 0 Å². The average Bonchev–Trinajstić information content (AvgIpc) is 2.38. The lowest BCUT2D eigenvalue weighted by Gasteiger charge is -2.14. The zero-order chi connectivity index (χ0) is 16.0. The van der Waals surface area contributed by atoms with Gasteiger partial charge in [0.05, 0.1) is 4.90 Å². The predicted molar refractivity (Wildman–Crippen MR) is 85.8 cm³/mol. The molecule has 0 aromatic heterocycles. The van der Waals surface area contributed by atoms with Crippen molar-refractivity contribution in [3.05, 3.63) is 23.3 Å². The van der Waals surface area contributed by atoms with Gasteiger partial charge in [-0.15, -0.1) is 0 Å². The number of aryl methyl sites for hydroxylation is 1. The normalized spacial score (nSPS) is 12.0. The fourth-order valence-corrected chi connectivity index (χ4v) is 3.60. The van der Waals surface area contributed by atoms with E-state index in [0.29, 0.717) is 48.9 Å². The van der Waals surface area contributed by atoms with E-state index >= 15 is 0 Å². The molecule has 0 fully saturated rings.